The molecule has 0 heterocycles. The predicted octanol–water partition coefficient (Wildman–Crippen LogP) is -2.07. The minimum atomic E-state index is -1.23. The monoisotopic (exact) mass is 347 g/mol. The van der Waals surface area contributed by atoms with Crippen molar-refractivity contribution in [2.45, 2.75) is 0 Å². The first-order valence-corrected chi connectivity index (χ1v) is 5.52. The summed E-state index contributed by atoms with van der Waals surface area (Å²) in [4.78, 5) is 44.4. The van der Waals surface area contributed by atoms with Crippen molar-refractivity contribution in [2.24, 2.45) is 0 Å². The van der Waals surface area contributed by atoms with Crippen molar-refractivity contribution in [1.82, 2.24) is 9.80 Å². The van der Waals surface area contributed by atoms with Crippen LogP contribution in [-0.2, 0) is 36.2 Å². The fourth-order valence-electron chi connectivity index (χ4n) is 1.48. The number of hydrogen-bond donors (Lipinski definition) is 4. The fraction of sp³-hybridized carbons (Fsp3) is 0.600. The molecule has 0 aromatic carbocycles. The molecule has 0 bridgehead atoms. The summed E-state index contributed by atoms with van der Waals surface area (Å²) in [6, 6.07) is 0. The Hall–Kier alpha value is -1.68. The molecule has 0 spiro atoms. The second-order valence-electron chi connectivity index (χ2n) is 4.00. The molecule has 11 heteroatoms. The Balaban J connectivity index is 0. The van der Waals surface area contributed by atoms with Crippen molar-refractivity contribution in [3.05, 3.63) is 0 Å². The molecule has 1 radical (unpaired) electrons. The average molecular weight is 347 g/mol. The minimum Gasteiger partial charge on any atom is -0.480 e. The molecule has 0 saturated carbocycles. The number of aliphatic carboxylic acids is 4. The van der Waals surface area contributed by atoms with Gasteiger partial charge in [-0.2, -0.15) is 0 Å². The zero-order valence-electron chi connectivity index (χ0n) is 10.9. The van der Waals surface area contributed by atoms with Gasteiger partial charge in [0.2, 0.25) is 0 Å². The van der Waals surface area contributed by atoms with Gasteiger partial charge in [-0.15, -0.1) is 0 Å². The van der Waals surface area contributed by atoms with Crippen LogP contribution in [0.25, 0.3) is 0 Å². The standard InChI is InChI=1S/C10H16N2O8.Mn/c13-7(14)3-11(4-8(15)16)1-2-12(5-9(17)18)6-10(19)20;/h1-6H2,(H,13,14)(H,15,16)(H,17,18)(H,19,20);/q;+2. The first-order chi connectivity index (χ1) is 9.20. The van der Waals surface area contributed by atoms with Gasteiger partial charge in [-0.1, -0.05) is 0 Å². The van der Waals surface area contributed by atoms with Gasteiger partial charge < -0.3 is 20.4 Å². The van der Waals surface area contributed by atoms with Gasteiger partial charge >= 0.3 is 40.9 Å². The number of carbonyl (C=O) groups is 4. The summed E-state index contributed by atoms with van der Waals surface area (Å²) < 4.78 is 0. The van der Waals surface area contributed by atoms with Crippen LogP contribution in [0, 0.1) is 0 Å². The third-order valence-electron chi connectivity index (χ3n) is 2.17. The summed E-state index contributed by atoms with van der Waals surface area (Å²) in [6.45, 7) is -2.25. The Morgan fingerprint density at radius 1 is 0.571 bits per heavy atom. The van der Waals surface area contributed by atoms with Crippen molar-refractivity contribution >= 4 is 23.9 Å². The average Bonchev–Trinajstić information content (AvgIpc) is 2.22. The predicted molar refractivity (Wildman–Crippen MR) is 63.4 cm³/mol. The van der Waals surface area contributed by atoms with E-state index in [1.165, 1.54) is 0 Å². The van der Waals surface area contributed by atoms with E-state index in [4.69, 9.17) is 20.4 Å². The maximum atomic E-state index is 10.6. The number of hydrogen-bond acceptors (Lipinski definition) is 6. The van der Waals surface area contributed by atoms with Gasteiger partial charge in [0, 0.05) is 13.1 Å². The summed E-state index contributed by atoms with van der Waals surface area (Å²) in [7, 11) is 0. The van der Waals surface area contributed by atoms with Crippen LogP contribution in [0.15, 0.2) is 0 Å². The largest absolute Gasteiger partial charge is 2.00 e. The second-order valence-corrected chi connectivity index (χ2v) is 4.00. The molecule has 0 aromatic rings. The van der Waals surface area contributed by atoms with Crippen LogP contribution in [0.2, 0.25) is 0 Å². The molecule has 0 amide bonds. The molecule has 10 nitrogen and oxygen atoms in total. The normalized spacial score (nSPS) is 10.2. The van der Waals surface area contributed by atoms with E-state index in [-0.39, 0.29) is 30.2 Å². The zero-order chi connectivity index (χ0) is 15.7. The molecule has 119 valence electrons. The Morgan fingerprint density at radius 2 is 0.762 bits per heavy atom. The zero-order valence-corrected chi connectivity index (χ0v) is 12.1. The van der Waals surface area contributed by atoms with Crippen molar-refractivity contribution in [2.75, 3.05) is 39.3 Å². The minimum absolute atomic E-state index is 0. The number of carboxylic acids is 4. The molecule has 0 atom stereocenters. The van der Waals surface area contributed by atoms with Crippen LogP contribution in [0.3, 0.4) is 0 Å². The number of rotatable bonds is 11. The van der Waals surface area contributed by atoms with Crippen molar-refractivity contribution in [3.8, 4) is 0 Å². The van der Waals surface area contributed by atoms with Crippen LogP contribution in [0.5, 0.6) is 0 Å². The Kier molecular flexibility index (Phi) is 11.4. The molecule has 0 fully saturated rings. The van der Waals surface area contributed by atoms with Crippen LogP contribution in [0.1, 0.15) is 0 Å². The molecule has 0 aliphatic rings. The Labute approximate surface area is 130 Å². The van der Waals surface area contributed by atoms with Crippen LogP contribution in [0.4, 0.5) is 0 Å². The van der Waals surface area contributed by atoms with E-state index in [1.807, 2.05) is 0 Å². The van der Waals surface area contributed by atoms with Gasteiger partial charge in [0.15, 0.2) is 0 Å². The van der Waals surface area contributed by atoms with Gasteiger partial charge in [-0.05, 0) is 0 Å². The molecule has 0 unspecified atom stereocenters. The maximum Gasteiger partial charge on any atom is 2.00 e. The van der Waals surface area contributed by atoms with Gasteiger partial charge in [0.05, 0.1) is 26.2 Å². The molecular formula is C10H16MnN2O8+2. The Bertz CT molecular complexity index is 321. The first kappa shape index (κ1) is 21.6. The van der Waals surface area contributed by atoms with E-state index in [1.54, 1.807) is 0 Å². The molecule has 0 saturated heterocycles. The number of carboxylic acid groups (broad SMARTS) is 4. The van der Waals surface area contributed by atoms with Crippen molar-refractivity contribution in [3.63, 3.8) is 0 Å². The van der Waals surface area contributed by atoms with E-state index >= 15 is 0 Å². The fourth-order valence-corrected chi connectivity index (χ4v) is 1.48. The molecule has 0 aliphatic carbocycles. The van der Waals surface area contributed by atoms with Crippen LogP contribution >= 0.6 is 0 Å². The van der Waals surface area contributed by atoms with Gasteiger partial charge in [-0.25, -0.2) is 0 Å². The summed E-state index contributed by atoms with van der Waals surface area (Å²) in [5.41, 5.74) is 0. The van der Waals surface area contributed by atoms with Crippen LogP contribution < -0.4 is 0 Å². The first-order valence-electron chi connectivity index (χ1n) is 5.52. The Morgan fingerprint density at radius 3 is 0.905 bits per heavy atom. The quantitative estimate of drug-likeness (QED) is 0.306. The summed E-state index contributed by atoms with van der Waals surface area (Å²) in [5, 5.41) is 34.5. The topological polar surface area (TPSA) is 156 Å². The van der Waals surface area contributed by atoms with Gasteiger partial charge in [0.25, 0.3) is 0 Å². The molecule has 4 N–H and O–H groups in total. The summed E-state index contributed by atoms with van der Waals surface area (Å²) in [6.07, 6.45) is 0. The number of nitrogens with zero attached hydrogens (tertiary/aromatic N) is 2. The van der Waals surface area contributed by atoms with E-state index in [0.717, 1.165) is 9.80 Å². The van der Waals surface area contributed by atoms with Crippen LogP contribution in [-0.4, -0.2) is 93.4 Å². The summed E-state index contributed by atoms with van der Waals surface area (Å²) >= 11 is 0. The smallest absolute Gasteiger partial charge is 0.480 e. The molecular weight excluding hydrogens is 331 g/mol. The molecule has 0 rings (SSSR count). The van der Waals surface area contributed by atoms with E-state index in [9.17, 15) is 19.2 Å². The van der Waals surface area contributed by atoms with E-state index in [2.05, 4.69) is 0 Å². The van der Waals surface area contributed by atoms with E-state index in [0.29, 0.717) is 0 Å². The van der Waals surface area contributed by atoms with Crippen molar-refractivity contribution in [1.29, 1.82) is 0 Å². The third kappa shape index (κ3) is 13.1. The third-order valence-corrected chi connectivity index (χ3v) is 2.17. The second kappa shape index (κ2) is 11.0. The van der Waals surface area contributed by atoms with Crippen molar-refractivity contribution < 1.29 is 56.7 Å². The van der Waals surface area contributed by atoms with Gasteiger partial charge in [-0.3, -0.25) is 29.0 Å². The van der Waals surface area contributed by atoms with Gasteiger partial charge in [0.1, 0.15) is 0 Å². The molecule has 21 heavy (non-hydrogen) atoms. The summed E-state index contributed by atoms with van der Waals surface area (Å²) in [5.74, 6) is -4.91. The van der Waals surface area contributed by atoms with E-state index < -0.39 is 50.1 Å². The SMILES string of the molecule is O=C(O)CN(CCN(CC(=O)O)CC(=O)O)CC(=O)O.[Mn+2]. The molecule has 0 aliphatic heterocycles. The molecule has 0 aromatic heterocycles. The maximum absolute atomic E-state index is 10.6.